The van der Waals surface area contributed by atoms with Gasteiger partial charge in [-0.25, -0.2) is 0 Å². The van der Waals surface area contributed by atoms with Gasteiger partial charge in [-0.15, -0.1) is 0 Å². The highest BCUT2D eigenvalue weighted by Gasteiger charge is 2.09. The van der Waals surface area contributed by atoms with Crippen molar-refractivity contribution >= 4 is 20.7 Å². The number of rotatable bonds is 5. The summed E-state index contributed by atoms with van der Waals surface area (Å²) in [7, 11) is 3.25. The molecule has 0 saturated heterocycles. The molecule has 0 bridgehead atoms. The minimum Gasteiger partial charge on any atom is -0.497 e. The highest BCUT2D eigenvalue weighted by molar-refractivity contribution is 9.18. The number of amides is 1. The fraction of sp³-hybridized carbons (Fsp3) is 0.417. The number of nitrogens with one attached hydrogen (secondary N) is 1. The summed E-state index contributed by atoms with van der Waals surface area (Å²) in [4.78, 5) is 10.5. The van der Waals surface area contributed by atoms with E-state index < -0.39 is 0 Å². The molecular weight excluding hydrogens is 286 g/mol. The second-order valence-corrected chi connectivity index (χ2v) is 4.30. The lowest BCUT2D eigenvalue weighted by atomic mass is 10.0. The molecule has 94 valence electrons. The quantitative estimate of drug-likeness (QED) is 0.672. The Hall–Kier alpha value is -1.23. The number of methoxy groups -OCH3 is 2. The highest BCUT2D eigenvalue weighted by Crippen LogP contribution is 2.28. The van der Waals surface area contributed by atoms with Crippen molar-refractivity contribution in [3.63, 3.8) is 0 Å². The van der Waals surface area contributed by atoms with Gasteiger partial charge in [0.1, 0.15) is 11.5 Å². The Morgan fingerprint density at radius 2 is 2.06 bits per heavy atom. The Morgan fingerprint density at radius 1 is 1.35 bits per heavy atom. The Balaban J connectivity index is 2.86. The zero-order chi connectivity index (χ0) is 12.8. The number of ether oxygens (including phenoxy) is 2. The van der Waals surface area contributed by atoms with Gasteiger partial charge in [0.2, 0.25) is 0 Å². The van der Waals surface area contributed by atoms with E-state index in [0.29, 0.717) is 6.54 Å². The van der Waals surface area contributed by atoms with Crippen LogP contribution in [0.25, 0.3) is 0 Å². The van der Waals surface area contributed by atoms with Crippen molar-refractivity contribution in [3.05, 3.63) is 23.3 Å². The van der Waals surface area contributed by atoms with Crippen LogP contribution in [0.1, 0.15) is 11.1 Å². The SMILES string of the molecule is COc1cc(C)c(CCNC(=O)Br)c(OC)c1. The van der Waals surface area contributed by atoms with E-state index in [4.69, 9.17) is 9.47 Å². The summed E-state index contributed by atoms with van der Waals surface area (Å²) in [6.07, 6.45) is 0.719. The first-order valence-corrected chi connectivity index (χ1v) is 6.02. The number of hydrogen-bond donors (Lipinski definition) is 1. The van der Waals surface area contributed by atoms with E-state index in [9.17, 15) is 4.79 Å². The van der Waals surface area contributed by atoms with E-state index in [0.717, 1.165) is 29.0 Å². The number of halogens is 1. The lowest BCUT2D eigenvalue weighted by Gasteiger charge is -2.13. The van der Waals surface area contributed by atoms with Crippen LogP contribution in [0.4, 0.5) is 4.79 Å². The minimum absolute atomic E-state index is 0.206. The van der Waals surface area contributed by atoms with Gasteiger partial charge in [-0.2, -0.15) is 0 Å². The molecule has 0 atom stereocenters. The second-order valence-electron chi connectivity index (χ2n) is 3.58. The van der Waals surface area contributed by atoms with Crippen LogP contribution in [0, 0.1) is 6.92 Å². The van der Waals surface area contributed by atoms with Gasteiger partial charge in [-0.1, -0.05) is 0 Å². The Morgan fingerprint density at radius 3 is 2.59 bits per heavy atom. The van der Waals surface area contributed by atoms with E-state index in [1.54, 1.807) is 14.2 Å². The monoisotopic (exact) mass is 301 g/mol. The maximum Gasteiger partial charge on any atom is 0.287 e. The van der Waals surface area contributed by atoms with Crippen molar-refractivity contribution in [2.24, 2.45) is 0 Å². The van der Waals surface area contributed by atoms with Crippen LogP contribution >= 0.6 is 15.9 Å². The molecule has 0 radical (unpaired) electrons. The number of benzene rings is 1. The van der Waals surface area contributed by atoms with Crippen LogP contribution < -0.4 is 14.8 Å². The molecule has 0 aliphatic heterocycles. The molecule has 5 heteroatoms. The number of carbonyl (C=O) groups is 1. The molecule has 0 heterocycles. The van der Waals surface area contributed by atoms with Crippen molar-refractivity contribution in [2.75, 3.05) is 20.8 Å². The first kappa shape index (κ1) is 13.8. The van der Waals surface area contributed by atoms with Gasteiger partial charge in [-0.3, -0.25) is 4.79 Å². The third kappa shape index (κ3) is 3.93. The van der Waals surface area contributed by atoms with Gasteiger partial charge in [0.25, 0.3) is 4.82 Å². The third-order valence-corrected chi connectivity index (χ3v) is 2.78. The average Bonchev–Trinajstić information content (AvgIpc) is 2.30. The van der Waals surface area contributed by atoms with E-state index in [2.05, 4.69) is 21.2 Å². The van der Waals surface area contributed by atoms with Crippen molar-refractivity contribution in [2.45, 2.75) is 13.3 Å². The summed E-state index contributed by atoms with van der Waals surface area (Å²) in [6, 6.07) is 3.80. The summed E-state index contributed by atoms with van der Waals surface area (Å²) in [5.74, 6) is 1.55. The first-order chi connectivity index (χ1) is 8.08. The predicted octanol–water partition coefficient (Wildman–Crippen LogP) is 2.66. The molecule has 0 fully saturated rings. The highest BCUT2D eigenvalue weighted by atomic mass is 79.9. The fourth-order valence-corrected chi connectivity index (χ4v) is 1.86. The summed E-state index contributed by atoms with van der Waals surface area (Å²) < 4.78 is 10.5. The number of aryl methyl sites for hydroxylation is 1. The number of carbonyl (C=O) groups excluding carboxylic acids is 1. The van der Waals surface area contributed by atoms with Gasteiger partial charge >= 0.3 is 0 Å². The molecule has 1 aromatic rings. The van der Waals surface area contributed by atoms with Crippen molar-refractivity contribution in [1.29, 1.82) is 0 Å². The molecule has 1 aromatic carbocycles. The summed E-state index contributed by atoms with van der Waals surface area (Å²) in [6.45, 7) is 2.56. The molecule has 0 spiro atoms. The summed E-state index contributed by atoms with van der Waals surface area (Å²) in [5, 5.41) is 2.69. The topological polar surface area (TPSA) is 47.6 Å². The standard InChI is InChI=1S/C12H16BrNO3/c1-8-6-9(16-2)7-11(17-3)10(8)4-5-14-12(13)15/h6-7H,4-5H2,1-3H3,(H,14,15). The maximum atomic E-state index is 10.7. The van der Waals surface area contributed by atoms with Crippen LogP contribution in [0.3, 0.4) is 0 Å². The van der Waals surface area contributed by atoms with Crippen LogP contribution in [0.5, 0.6) is 11.5 Å². The van der Waals surface area contributed by atoms with Gasteiger partial charge in [0.05, 0.1) is 14.2 Å². The molecule has 0 aliphatic carbocycles. The zero-order valence-electron chi connectivity index (χ0n) is 10.2. The molecule has 1 N–H and O–H groups in total. The van der Waals surface area contributed by atoms with Crippen molar-refractivity contribution < 1.29 is 14.3 Å². The molecular formula is C12H16BrNO3. The van der Waals surface area contributed by atoms with E-state index in [1.807, 2.05) is 19.1 Å². The summed E-state index contributed by atoms with van der Waals surface area (Å²) >= 11 is 2.82. The lowest BCUT2D eigenvalue weighted by Crippen LogP contribution is -2.19. The van der Waals surface area contributed by atoms with Crippen LogP contribution in [0.2, 0.25) is 0 Å². The Labute approximate surface area is 109 Å². The van der Waals surface area contributed by atoms with Crippen LogP contribution in [-0.4, -0.2) is 25.6 Å². The molecule has 1 rings (SSSR count). The summed E-state index contributed by atoms with van der Waals surface area (Å²) in [5.41, 5.74) is 2.17. The van der Waals surface area contributed by atoms with E-state index in [1.165, 1.54) is 0 Å². The first-order valence-electron chi connectivity index (χ1n) is 5.23. The van der Waals surface area contributed by atoms with Gasteiger partial charge in [0.15, 0.2) is 0 Å². The largest absolute Gasteiger partial charge is 0.497 e. The van der Waals surface area contributed by atoms with Crippen LogP contribution in [0.15, 0.2) is 12.1 Å². The van der Waals surface area contributed by atoms with Gasteiger partial charge in [-0.05, 0) is 30.5 Å². The molecule has 4 nitrogen and oxygen atoms in total. The molecule has 1 amide bonds. The van der Waals surface area contributed by atoms with Crippen molar-refractivity contribution in [1.82, 2.24) is 5.32 Å². The maximum absolute atomic E-state index is 10.7. The molecule has 17 heavy (non-hydrogen) atoms. The van der Waals surface area contributed by atoms with Gasteiger partial charge in [0, 0.05) is 28.5 Å². The normalized spacial score (nSPS) is 9.88. The third-order valence-electron chi connectivity index (χ3n) is 2.50. The molecule has 0 unspecified atom stereocenters. The Kier molecular flexibility index (Phi) is 5.28. The predicted molar refractivity (Wildman–Crippen MR) is 70.3 cm³/mol. The van der Waals surface area contributed by atoms with Gasteiger partial charge < -0.3 is 14.8 Å². The van der Waals surface area contributed by atoms with E-state index in [-0.39, 0.29) is 4.82 Å². The Bertz CT molecular complexity index is 407. The zero-order valence-corrected chi connectivity index (χ0v) is 11.8. The van der Waals surface area contributed by atoms with E-state index >= 15 is 0 Å². The number of hydrogen-bond acceptors (Lipinski definition) is 3. The fourth-order valence-electron chi connectivity index (χ4n) is 1.66. The molecule has 0 saturated carbocycles. The lowest BCUT2D eigenvalue weighted by molar-refractivity contribution is 0.261. The second kappa shape index (κ2) is 6.49. The average molecular weight is 302 g/mol. The van der Waals surface area contributed by atoms with Crippen molar-refractivity contribution in [3.8, 4) is 11.5 Å². The minimum atomic E-state index is -0.206. The molecule has 0 aliphatic rings. The molecule has 0 aromatic heterocycles. The smallest absolute Gasteiger partial charge is 0.287 e. The van der Waals surface area contributed by atoms with Crippen LogP contribution in [-0.2, 0) is 6.42 Å².